The summed E-state index contributed by atoms with van der Waals surface area (Å²) in [6, 6.07) is 1.23. The van der Waals surface area contributed by atoms with Crippen molar-refractivity contribution in [2.24, 2.45) is 5.92 Å². The molecule has 0 bridgehead atoms. The summed E-state index contributed by atoms with van der Waals surface area (Å²) in [5, 5.41) is 0.136. The lowest BCUT2D eigenvalue weighted by Gasteiger charge is -2.25. The van der Waals surface area contributed by atoms with Crippen molar-refractivity contribution in [2.75, 3.05) is 51.3 Å². The summed E-state index contributed by atoms with van der Waals surface area (Å²) in [4.78, 5) is 34.9. The Morgan fingerprint density at radius 2 is 2.13 bits per heavy atom. The van der Waals surface area contributed by atoms with Gasteiger partial charge in [-0.15, -0.1) is 0 Å². The molecule has 1 aromatic heterocycles. The van der Waals surface area contributed by atoms with Gasteiger partial charge in [-0.1, -0.05) is 6.92 Å². The molecule has 31 heavy (non-hydrogen) atoms. The number of nitrogens with one attached hydrogen (secondary N) is 1. The van der Waals surface area contributed by atoms with Crippen molar-refractivity contribution in [3.05, 3.63) is 44.1 Å². The highest BCUT2D eigenvalue weighted by Gasteiger charge is 2.33. The number of ether oxygens (including phenoxy) is 1. The summed E-state index contributed by atoms with van der Waals surface area (Å²) in [5.74, 6) is 0.0817. The van der Waals surface area contributed by atoms with Crippen LogP contribution in [0.1, 0.15) is 32.2 Å². The molecule has 166 valence electrons. The molecule has 2 heterocycles. The molecule has 1 aromatic carbocycles. The number of anilines is 1. The molecular weight excluding hydrogens is 401 g/mol. The van der Waals surface area contributed by atoms with Crippen molar-refractivity contribution in [2.45, 2.75) is 32.2 Å². The number of benzene rings is 1. The number of rotatable bonds is 8. The minimum absolute atomic E-state index is 0.00551. The lowest BCUT2D eigenvalue weighted by atomic mass is 10.1. The van der Waals surface area contributed by atoms with Crippen LogP contribution in [0.3, 0.4) is 0 Å². The van der Waals surface area contributed by atoms with Gasteiger partial charge in [0, 0.05) is 25.7 Å². The quantitative estimate of drug-likeness (QED) is 0.652. The number of hydrogen-bond donors (Lipinski definition) is 1. The van der Waals surface area contributed by atoms with Crippen LogP contribution in [0.25, 0.3) is 15.7 Å². The monoisotopic (exact) mass is 429 g/mol. The maximum Gasteiger partial charge on any atom is 0.329 e. The molecule has 0 radical (unpaired) electrons. The van der Waals surface area contributed by atoms with E-state index in [0.29, 0.717) is 36.8 Å². The van der Waals surface area contributed by atoms with Gasteiger partial charge in [0.05, 0.1) is 19.0 Å². The minimum atomic E-state index is -0.599. The lowest BCUT2D eigenvalue weighted by molar-refractivity contribution is 0.259. The summed E-state index contributed by atoms with van der Waals surface area (Å²) in [5.41, 5.74) is -0.376. The largest absolute Gasteiger partial charge is 0.492 e. The van der Waals surface area contributed by atoms with Gasteiger partial charge in [0.2, 0.25) is 6.54 Å². The summed E-state index contributed by atoms with van der Waals surface area (Å²) in [6.45, 7) is 13.3. The molecule has 2 fully saturated rings. The average molecular weight is 429 g/mol. The highest BCUT2D eigenvalue weighted by atomic mass is 19.1. The second-order valence-corrected chi connectivity index (χ2v) is 8.37. The third-order valence-electron chi connectivity index (χ3n) is 6.32. The van der Waals surface area contributed by atoms with E-state index in [2.05, 4.69) is 21.7 Å². The van der Waals surface area contributed by atoms with Gasteiger partial charge in [-0.2, -0.15) is 0 Å². The van der Waals surface area contributed by atoms with Crippen LogP contribution in [0.2, 0.25) is 0 Å². The topological polar surface area (TPSA) is 74.9 Å². The van der Waals surface area contributed by atoms with Gasteiger partial charge in [0.1, 0.15) is 11.2 Å². The zero-order valence-electron chi connectivity index (χ0n) is 18.0. The van der Waals surface area contributed by atoms with Gasteiger partial charge in [0.25, 0.3) is 5.56 Å². The van der Waals surface area contributed by atoms with Gasteiger partial charge in [-0.25, -0.2) is 15.8 Å². The maximum atomic E-state index is 15.3. The summed E-state index contributed by atoms with van der Waals surface area (Å²) >= 11 is 0. The van der Waals surface area contributed by atoms with E-state index in [9.17, 15) is 9.59 Å². The molecule has 1 N–H and O–H groups in total. The van der Waals surface area contributed by atoms with E-state index in [-0.39, 0.29) is 17.2 Å². The van der Waals surface area contributed by atoms with Crippen LogP contribution in [0.4, 0.5) is 10.1 Å². The first-order chi connectivity index (χ1) is 15.0. The summed E-state index contributed by atoms with van der Waals surface area (Å²) in [6.07, 6.45) is 2.60. The van der Waals surface area contributed by atoms with Gasteiger partial charge in [0.15, 0.2) is 11.6 Å². The summed E-state index contributed by atoms with van der Waals surface area (Å²) < 4.78 is 22.4. The maximum absolute atomic E-state index is 15.3. The number of methoxy groups -OCH3 is 1. The van der Waals surface area contributed by atoms with E-state index < -0.39 is 17.1 Å². The number of likely N-dealkylation sites (N-methyl/N-ethyl adjacent to an activating group) is 1. The van der Waals surface area contributed by atoms with Crippen LogP contribution >= 0.6 is 0 Å². The molecule has 0 spiro atoms. The van der Waals surface area contributed by atoms with Crippen molar-refractivity contribution in [1.29, 1.82) is 0 Å². The Labute approximate surface area is 180 Å². The van der Waals surface area contributed by atoms with Gasteiger partial charge in [-0.3, -0.25) is 19.2 Å². The Morgan fingerprint density at radius 3 is 2.77 bits per heavy atom. The van der Waals surface area contributed by atoms with E-state index in [1.807, 2.05) is 4.90 Å². The minimum Gasteiger partial charge on any atom is -0.492 e. The lowest BCUT2D eigenvalue weighted by Crippen LogP contribution is -2.33. The van der Waals surface area contributed by atoms with E-state index in [1.165, 1.54) is 13.2 Å². The molecule has 1 aliphatic carbocycles. The van der Waals surface area contributed by atoms with Crippen molar-refractivity contribution in [3.63, 3.8) is 0 Å². The van der Waals surface area contributed by atoms with Gasteiger partial charge in [-0.05, 0) is 37.8 Å². The molecule has 1 atom stereocenters. The molecule has 9 heteroatoms. The highest BCUT2D eigenvalue weighted by Crippen LogP contribution is 2.43. The first kappa shape index (κ1) is 21.4. The van der Waals surface area contributed by atoms with Crippen molar-refractivity contribution in [1.82, 2.24) is 14.5 Å². The molecule has 1 unspecified atom stereocenters. The van der Waals surface area contributed by atoms with Crippen molar-refractivity contribution >= 4 is 16.6 Å². The molecule has 2 aliphatic rings. The number of fused-ring (bicyclic) bond motifs is 1. The summed E-state index contributed by atoms with van der Waals surface area (Å²) in [7, 11) is 1.46. The van der Waals surface area contributed by atoms with Crippen LogP contribution in [0, 0.1) is 18.3 Å². The predicted molar refractivity (Wildman–Crippen MR) is 118 cm³/mol. The van der Waals surface area contributed by atoms with Crippen LogP contribution < -0.4 is 20.9 Å². The fraction of sp³-hybridized carbons (Fsp3) is 0.591. The SMILES string of the molecule is [C-]#[N+]CCN(CC)CC1CCN(c2c(F)cc3c(=O)[nH]c(=O)n(C4CC4)c3c2OC)C1. The third kappa shape index (κ3) is 4.04. The zero-order valence-corrected chi connectivity index (χ0v) is 18.0. The molecule has 0 amide bonds. The molecule has 2 aromatic rings. The first-order valence-electron chi connectivity index (χ1n) is 10.8. The Morgan fingerprint density at radius 1 is 1.35 bits per heavy atom. The fourth-order valence-electron chi connectivity index (χ4n) is 4.63. The number of halogens is 1. The van der Waals surface area contributed by atoms with Crippen LogP contribution in [0.5, 0.6) is 5.75 Å². The molecule has 1 saturated heterocycles. The molecule has 4 rings (SSSR count). The number of nitrogens with zero attached hydrogens (tertiary/aromatic N) is 4. The number of H-pyrrole nitrogens is 1. The van der Waals surface area contributed by atoms with E-state index >= 15 is 4.39 Å². The first-order valence-corrected chi connectivity index (χ1v) is 10.8. The Bertz CT molecular complexity index is 1130. The molecule has 8 nitrogen and oxygen atoms in total. The van der Waals surface area contributed by atoms with Gasteiger partial charge < -0.3 is 14.5 Å². The fourth-order valence-corrected chi connectivity index (χ4v) is 4.63. The average Bonchev–Trinajstić information content (AvgIpc) is 3.48. The Balaban J connectivity index is 1.71. The standard InChI is InChI=1S/C22H28FN5O3/c1-4-26(10-8-24-2)12-14-7-9-27(13-14)19-17(23)11-16-18(20(19)31-3)28(15-5-6-15)22(30)25-21(16)29/h11,14-15H,4-10,12-13H2,1,3H3,(H,25,29,30). The highest BCUT2D eigenvalue weighted by molar-refractivity contribution is 5.91. The predicted octanol–water partition coefficient (Wildman–Crippen LogP) is 2.24. The van der Waals surface area contributed by atoms with Crippen LogP contribution in [-0.2, 0) is 0 Å². The molecule has 1 aliphatic heterocycles. The van der Waals surface area contributed by atoms with E-state index in [4.69, 9.17) is 11.3 Å². The molecular formula is C22H28FN5O3. The second kappa shape index (κ2) is 8.71. The third-order valence-corrected chi connectivity index (χ3v) is 6.32. The van der Waals surface area contributed by atoms with E-state index in [1.54, 1.807) is 4.57 Å². The van der Waals surface area contributed by atoms with Crippen LogP contribution in [0.15, 0.2) is 15.7 Å². The molecule has 1 saturated carbocycles. The smallest absolute Gasteiger partial charge is 0.329 e. The normalized spacial score (nSPS) is 18.7. The van der Waals surface area contributed by atoms with Crippen LogP contribution in [-0.4, -0.2) is 60.8 Å². The number of hydrogen-bond acceptors (Lipinski definition) is 5. The zero-order chi connectivity index (χ0) is 22.1. The number of aromatic amines is 1. The van der Waals surface area contributed by atoms with Crippen molar-refractivity contribution < 1.29 is 9.13 Å². The van der Waals surface area contributed by atoms with E-state index in [0.717, 1.165) is 38.9 Å². The second-order valence-electron chi connectivity index (χ2n) is 8.37. The number of aromatic nitrogens is 2. The Kier molecular flexibility index (Phi) is 6.01. The van der Waals surface area contributed by atoms with Gasteiger partial charge >= 0.3 is 5.69 Å². The Hall–Kier alpha value is -2.86. The van der Waals surface area contributed by atoms with Crippen molar-refractivity contribution in [3.8, 4) is 5.75 Å².